The van der Waals surface area contributed by atoms with Crippen LogP contribution in [0.4, 0.5) is 5.69 Å². The van der Waals surface area contributed by atoms with Gasteiger partial charge < -0.3 is 5.73 Å². The van der Waals surface area contributed by atoms with Crippen molar-refractivity contribution in [2.75, 3.05) is 5.73 Å². The number of halogens is 1. The van der Waals surface area contributed by atoms with Crippen molar-refractivity contribution >= 4 is 27.3 Å². The van der Waals surface area contributed by atoms with Crippen LogP contribution in [0.3, 0.4) is 0 Å². The number of nitrogen functional groups attached to an aromatic ring is 1. The second kappa shape index (κ2) is 3.85. The van der Waals surface area contributed by atoms with Crippen molar-refractivity contribution in [1.29, 1.82) is 0 Å². The molecule has 3 rings (SSSR count). The highest BCUT2D eigenvalue weighted by Gasteiger charge is 2.05. The molecule has 0 atom stereocenters. The topological polar surface area (TPSA) is 56.2 Å². The van der Waals surface area contributed by atoms with E-state index < -0.39 is 0 Å². The first-order valence-electron chi connectivity index (χ1n) is 5.10. The van der Waals surface area contributed by atoms with Crippen LogP contribution in [-0.4, -0.2) is 14.6 Å². The van der Waals surface area contributed by atoms with E-state index in [9.17, 15) is 0 Å². The maximum atomic E-state index is 5.70. The zero-order chi connectivity index (χ0) is 11.8. The first-order valence-corrected chi connectivity index (χ1v) is 5.89. The molecular formula is C12H9BrN4. The van der Waals surface area contributed by atoms with Crippen molar-refractivity contribution in [3.8, 4) is 11.4 Å². The summed E-state index contributed by atoms with van der Waals surface area (Å²) >= 11 is 3.40. The summed E-state index contributed by atoms with van der Waals surface area (Å²) in [6.45, 7) is 0. The normalized spacial score (nSPS) is 10.9. The van der Waals surface area contributed by atoms with E-state index in [-0.39, 0.29) is 0 Å². The van der Waals surface area contributed by atoms with E-state index in [1.807, 2.05) is 24.3 Å². The predicted octanol–water partition coefficient (Wildman–Crippen LogP) is 2.74. The van der Waals surface area contributed by atoms with Crippen molar-refractivity contribution in [3.63, 3.8) is 0 Å². The van der Waals surface area contributed by atoms with Gasteiger partial charge in [-0.1, -0.05) is 28.1 Å². The van der Waals surface area contributed by atoms with Crippen molar-refractivity contribution < 1.29 is 0 Å². The molecule has 2 heterocycles. The quantitative estimate of drug-likeness (QED) is 0.749. The summed E-state index contributed by atoms with van der Waals surface area (Å²) in [6, 6.07) is 11.5. The van der Waals surface area contributed by atoms with Gasteiger partial charge >= 0.3 is 0 Å². The molecule has 0 aliphatic carbocycles. The van der Waals surface area contributed by atoms with Crippen LogP contribution in [0, 0.1) is 0 Å². The summed E-state index contributed by atoms with van der Waals surface area (Å²) in [7, 11) is 0. The molecule has 4 nitrogen and oxygen atoms in total. The molecule has 2 N–H and O–H groups in total. The molecule has 0 aliphatic rings. The highest BCUT2D eigenvalue weighted by molar-refractivity contribution is 9.10. The van der Waals surface area contributed by atoms with Crippen molar-refractivity contribution in [2.45, 2.75) is 0 Å². The second-order valence-corrected chi connectivity index (χ2v) is 4.62. The number of nitrogens with two attached hydrogens (primary N) is 1. The fraction of sp³-hybridized carbons (Fsp3) is 0. The molecule has 1 aromatic carbocycles. The molecule has 0 aliphatic heterocycles. The van der Waals surface area contributed by atoms with E-state index in [1.165, 1.54) is 0 Å². The van der Waals surface area contributed by atoms with Crippen molar-refractivity contribution in [1.82, 2.24) is 14.6 Å². The SMILES string of the molecule is Nc1ccn2nc(-c3ccc(Br)cc3)nc2c1. The number of fused-ring (bicyclic) bond motifs is 1. The average molecular weight is 289 g/mol. The van der Waals surface area contributed by atoms with E-state index >= 15 is 0 Å². The zero-order valence-electron chi connectivity index (χ0n) is 8.84. The Bertz CT molecular complexity index is 673. The third-order valence-corrected chi connectivity index (χ3v) is 2.99. The van der Waals surface area contributed by atoms with Gasteiger partial charge in [0, 0.05) is 28.0 Å². The molecule has 17 heavy (non-hydrogen) atoms. The van der Waals surface area contributed by atoms with E-state index in [0.29, 0.717) is 11.5 Å². The first kappa shape index (κ1) is 10.3. The van der Waals surface area contributed by atoms with Crippen molar-refractivity contribution in [3.05, 3.63) is 47.1 Å². The lowest BCUT2D eigenvalue weighted by Gasteiger charge is -1.93. The van der Waals surface area contributed by atoms with Crippen LogP contribution < -0.4 is 5.73 Å². The van der Waals surface area contributed by atoms with Gasteiger partial charge in [-0.15, -0.1) is 5.10 Å². The maximum absolute atomic E-state index is 5.70. The third kappa shape index (κ3) is 1.89. The summed E-state index contributed by atoms with van der Waals surface area (Å²) in [5.74, 6) is 0.697. The van der Waals surface area contributed by atoms with Crippen LogP contribution in [0.15, 0.2) is 47.1 Å². The molecule has 0 saturated carbocycles. The minimum absolute atomic E-state index is 0.687. The van der Waals surface area contributed by atoms with Crippen molar-refractivity contribution in [2.24, 2.45) is 0 Å². The fourth-order valence-electron chi connectivity index (χ4n) is 1.62. The van der Waals surface area contributed by atoms with Gasteiger partial charge in [-0.25, -0.2) is 9.50 Å². The number of rotatable bonds is 1. The van der Waals surface area contributed by atoms with E-state index in [0.717, 1.165) is 15.7 Å². The summed E-state index contributed by atoms with van der Waals surface area (Å²) in [5.41, 5.74) is 8.13. The van der Waals surface area contributed by atoms with Gasteiger partial charge in [-0.2, -0.15) is 0 Å². The summed E-state index contributed by atoms with van der Waals surface area (Å²) in [5, 5.41) is 4.39. The predicted molar refractivity (Wildman–Crippen MR) is 70.5 cm³/mol. The Morgan fingerprint density at radius 3 is 2.65 bits per heavy atom. The Balaban J connectivity index is 2.14. The lowest BCUT2D eigenvalue weighted by Crippen LogP contribution is -1.89. The van der Waals surface area contributed by atoms with Gasteiger partial charge in [0.15, 0.2) is 11.5 Å². The van der Waals surface area contributed by atoms with Gasteiger partial charge in [-0.05, 0) is 18.2 Å². The minimum atomic E-state index is 0.687. The second-order valence-electron chi connectivity index (χ2n) is 3.71. The number of aromatic nitrogens is 3. The number of anilines is 1. The smallest absolute Gasteiger partial charge is 0.182 e. The van der Waals surface area contributed by atoms with Crippen LogP contribution in [-0.2, 0) is 0 Å². The molecular weight excluding hydrogens is 280 g/mol. The molecule has 3 aromatic rings. The Morgan fingerprint density at radius 1 is 1.12 bits per heavy atom. The highest BCUT2D eigenvalue weighted by Crippen LogP contribution is 2.19. The zero-order valence-corrected chi connectivity index (χ0v) is 10.4. The van der Waals surface area contributed by atoms with Crippen LogP contribution >= 0.6 is 15.9 Å². The summed E-state index contributed by atoms with van der Waals surface area (Å²) in [6.07, 6.45) is 1.81. The first-order chi connectivity index (χ1) is 8.22. The molecule has 0 saturated heterocycles. The van der Waals surface area contributed by atoms with Gasteiger partial charge in [-0.3, -0.25) is 0 Å². The van der Waals surface area contributed by atoms with E-state index in [4.69, 9.17) is 5.73 Å². The van der Waals surface area contributed by atoms with Crippen LogP contribution in [0.5, 0.6) is 0 Å². The lowest BCUT2D eigenvalue weighted by atomic mass is 10.2. The monoisotopic (exact) mass is 288 g/mol. The van der Waals surface area contributed by atoms with Crippen LogP contribution in [0.1, 0.15) is 0 Å². The van der Waals surface area contributed by atoms with Crippen LogP contribution in [0.2, 0.25) is 0 Å². The van der Waals surface area contributed by atoms with Gasteiger partial charge in [0.25, 0.3) is 0 Å². The number of nitrogens with zero attached hydrogens (tertiary/aromatic N) is 3. The Kier molecular flexibility index (Phi) is 2.33. The molecule has 0 fully saturated rings. The minimum Gasteiger partial charge on any atom is -0.399 e. The Labute approximate surface area is 106 Å². The highest BCUT2D eigenvalue weighted by atomic mass is 79.9. The van der Waals surface area contributed by atoms with Gasteiger partial charge in [0.05, 0.1) is 0 Å². The number of benzene rings is 1. The van der Waals surface area contributed by atoms with E-state index in [1.54, 1.807) is 22.8 Å². The Hall–Kier alpha value is -1.88. The number of hydrogen-bond acceptors (Lipinski definition) is 3. The average Bonchev–Trinajstić information content (AvgIpc) is 2.72. The molecule has 0 radical (unpaired) electrons. The third-order valence-electron chi connectivity index (χ3n) is 2.46. The van der Waals surface area contributed by atoms with Gasteiger partial charge in [0.2, 0.25) is 0 Å². The number of pyridine rings is 1. The van der Waals surface area contributed by atoms with Gasteiger partial charge in [0.1, 0.15) is 0 Å². The Morgan fingerprint density at radius 2 is 1.88 bits per heavy atom. The maximum Gasteiger partial charge on any atom is 0.182 e. The fourth-order valence-corrected chi connectivity index (χ4v) is 1.88. The molecule has 5 heteroatoms. The molecule has 84 valence electrons. The number of hydrogen-bond donors (Lipinski definition) is 1. The standard InChI is InChI=1S/C12H9BrN4/c13-9-3-1-8(2-4-9)12-15-11-7-10(14)5-6-17(11)16-12/h1-7H,14H2. The summed E-state index contributed by atoms with van der Waals surface area (Å²) < 4.78 is 2.75. The molecule has 0 bridgehead atoms. The molecule has 2 aromatic heterocycles. The van der Waals surface area contributed by atoms with E-state index in [2.05, 4.69) is 26.0 Å². The molecule has 0 unspecified atom stereocenters. The lowest BCUT2D eigenvalue weighted by molar-refractivity contribution is 0.966. The molecule has 0 spiro atoms. The van der Waals surface area contributed by atoms with Crippen LogP contribution in [0.25, 0.3) is 17.0 Å². The largest absolute Gasteiger partial charge is 0.399 e. The molecule has 0 amide bonds. The summed E-state index contributed by atoms with van der Waals surface area (Å²) in [4.78, 5) is 4.43.